The predicted molar refractivity (Wildman–Crippen MR) is 211 cm³/mol. The maximum atomic E-state index is 10.1. The summed E-state index contributed by atoms with van der Waals surface area (Å²) in [5.41, 5.74) is -4.68. The van der Waals surface area contributed by atoms with Gasteiger partial charge in [-0.25, -0.2) is 0 Å². The van der Waals surface area contributed by atoms with Gasteiger partial charge in [0.1, 0.15) is 0 Å². The number of rotatable bonds is 2. The molecule has 1 aliphatic carbocycles. The van der Waals surface area contributed by atoms with E-state index < -0.39 is 239 Å². The molecule has 228 valence electrons. The van der Waals surface area contributed by atoms with Gasteiger partial charge in [-0.05, 0) is 115 Å². The smallest absolute Gasteiger partial charge is 0.0619 e. The van der Waals surface area contributed by atoms with Crippen molar-refractivity contribution in [3.8, 4) is 33.4 Å². The zero-order valence-electron chi connectivity index (χ0n) is 51.5. The molecule has 10 aromatic rings. The largest absolute Gasteiger partial charge is 0.0633 e. The Kier molecular flexibility index (Phi) is 2.37. The van der Waals surface area contributed by atoms with E-state index >= 15 is 0 Å². The lowest BCUT2D eigenvalue weighted by molar-refractivity contribution is 0.660. The van der Waals surface area contributed by atoms with E-state index in [1.807, 2.05) is 0 Å². The summed E-state index contributed by atoms with van der Waals surface area (Å²) in [5, 5.41) is -6.36. The van der Waals surface area contributed by atoms with Gasteiger partial charge in [-0.1, -0.05) is 165 Å². The zero-order chi connectivity index (χ0) is 55.1. The third kappa shape index (κ3) is 3.53. The summed E-state index contributed by atoms with van der Waals surface area (Å²) in [5.74, 6) is 0. The molecule has 10 aromatic carbocycles. The van der Waals surface area contributed by atoms with E-state index in [0.29, 0.717) is 0 Å². The highest BCUT2D eigenvalue weighted by Gasteiger charge is 2.35. The molecule has 0 bridgehead atoms. The predicted octanol–water partition coefficient (Wildman–Crippen LogP) is 13.7. The fraction of sp³-hybridized carbons (Fsp3) is 0.0612. The Morgan fingerprint density at radius 3 is 1.78 bits per heavy atom. The van der Waals surface area contributed by atoms with Crippen LogP contribution in [0.3, 0.4) is 0 Å². The minimum atomic E-state index is -1.57. The van der Waals surface area contributed by atoms with E-state index in [1.54, 1.807) is 0 Å². The first kappa shape index (κ1) is 12.2. The molecule has 0 saturated heterocycles. The standard InChI is InChI=1S/C49H32/c1-49(2)42-17-8-7-14-35(42)36-24-23-33(28-43(36)49)45-37-15-5-6-16-38(37)48(47-34-13-4-3-10-29(34)20-27-41(45)47)40-26-22-32-19-18-30-11-9-12-31-21-25-39(40)46(32)44(30)31/h3-28H,1-2H3/i3D,4D,5D,6D,7D,8D,9D,10D,11D,12D,13D,14D,15D,16D,17D,18D,19D,20D,21D,22D,23D,24D,25D,26D,27D,28D. The molecule has 11 rings (SSSR count). The molecule has 0 radical (unpaired) electrons. The van der Waals surface area contributed by atoms with Crippen molar-refractivity contribution in [3.63, 3.8) is 0 Å². The van der Waals surface area contributed by atoms with Crippen molar-refractivity contribution in [1.29, 1.82) is 0 Å². The van der Waals surface area contributed by atoms with Crippen LogP contribution in [0.5, 0.6) is 0 Å². The molecule has 0 unspecified atom stereocenters. The van der Waals surface area contributed by atoms with Gasteiger partial charge in [0, 0.05) is 5.41 Å². The molecule has 0 aliphatic heterocycles. The first-order valence-corrected chi connectivity index (χ1v) is 15.2. The minimum Gasteiger partial charge on any atom is -0.0619 e. The van der Waals surface area contributed by atoms with Crippen molar-refractivity contribution in [1.82, 2.24) is 0 Å². The van der Waals surface area contributed by atoms with Crippen LogP contribution in [0.1, 0.15) is 60.6 Å². The van der Waals surface area contributed by atoms with Crippen molar-refractivity contribution in [3.05, 3.63) is 168 Å². The van der Waals surface area contributed by atoms with Crippen LogP contribution in [0.25, 0.3) is 98.0 Å². The van der Waals surface area contributed by atoms with Gasteiger partial charge >= 0.3 is 0 Å². The van der Waals surface area contributed by atoms with Gasteiger partial charge in [0.2, 0.25) is 0 Å². The Labute approximate surface area is 321 Å². The second-order valence-corrected chi connectivity index (χ2v) is 12.4. The van der Waals surface area contributed by atoms with Crippen molar-refractivity contribution >= 4 is 64.6 Å². The maximum Gasteiger partial charge on any atom is 0.0633 e. The Bertz CT molecular complexity index is 4470. The average Bonchev–Trinajstić information content (AvgIpc) is 3.63. The van der Waals surface area contributed by atoms with E-state index in [4.69, 9.17) is 19.2 Å². The van der Waals surface area contributed by atoms with E-state index in [2.05, 4.69) is 0 Å². The van der Waals surface area contributed by atoms with Gasteiger partial charge in [0.25, 0.3) is 0 Å². The molecule has 49 heavy (non-hydrogen) atoms. The second-order valence-electron chi connectivity index (χ2n) is 12.4. The van der Waals surface area contributed by atoms with Gasteiger partial charge in [-0.2, -0.15) is 0 Å². The van der Waals surface area contributed by atoms with Crippen molar-refractivity contribution in [2.75, 3.05) is 0 Å². The van der Waals surface area contributed by atoms with Crippen molar-refractivity contribution in [2.45, 2.75) is 19.3 Å². The SMILES string of the molecule is [2H]c1c([2H])c([2H])c2c(c1[2H])-c1c([2H])c([2H])c(-c3c4c([2H])c([2H])c([2H])c([2H])c4c(-c4c([2H])c([2H])c5c([2H])c([2H])c6c([2H])c([2H])c([2H])c7c([2H])c([2H])c4c5c67)c4c3c([2H])c([2H])c3c([2H])c([2H])c([2H])c([2H])c34)c([2H])c1C2(C)C. The number of fused-ring (bicyclic) bond motifs is 7. The summed E-state index contributed by atoms with van der Waals surface area (Å²) < 4.78 is 241. The average molecular weight is 647 g/mol. The number of benzene rings is 10. The van der Waals surface area contributed by atoms with Crippen molar-refractivity contribution in [2.24, 2.45) is 0 Å². The highest BCUT2D eigenvalue weighted by Crippen LogP contribution is 2.52. The monoisotopic (exact) mass is 646 g/mol. The fourth-order valence-corrected chi connectivity index (χ4v) is 7.31. The van der Waals surface area contributed by atoms with Crippen LogP contribution < -0.4 is 0 Å². The van der Waals surface area contributed by atoms with Crippen LogP contribution in [-0.4, -0.2) is 0 Å². The first-order valence-electron chi connectivity index (χ1n) is 28.2. The minimum absolute atomic E-state index is 0.0313. The summed E-state index contributed by atoms with van der Waals surface area (Å²) in [4.78, 5) is 0. The van der Waals surface area contributed by atoms with E-state index in [-0.39, 0.29) is 33.0 Å². The van der Waals surface area contributed by atoms with Crippen LogP contribution >= 0.6 is 0 Å². The van der Waals surface area contributed by atoms with Crippen molar-refractivity contribution < 1.29 is 35.6 Å². The highest BCUT2D eigenvalue weighted by atomic mass is 14.4. The maximum absolute atomic E-state index is 10.1. The second kappa shape index (κ2) is 9.56. The Morgan fingerprint density at radius 1 is 0.367 bits per heavy atom. The normalized spacial score (nSPS) is 21.1. The lowest BCUT2D eigenvalue weighted by atomic mass is 9.79. The Morgan fingerprint density at radius 2 is 0.939 bits per heavy atom. The number of hydrogen-bond donors (Lipinski definition) is 0. The molecule has 0 fully saturated rings. The van der Waals surface area contributed by atoms with Crippen LogP contribution in [0.4, 0.5) is 0 Å². The third-order valence-corrected chi connectivity index (χ3v) is 9.50. The van der Waals surface area contributed by atoms with Crippen LogP contribution in [0.15, 0.2) is 157 Å². The summed E-state index contributed by atoms with van der Waals surface area (Å²) in [6.07, 6.45) is 0. The number of hydrogen-bond acceptors (Lipinski definition) is 0. The summed E-state index contributed by atoms with van der Waals surface area (Å²) in [6.45, 7) is 3.03. The van der Waals surface area contributed by atoms with Crippen LogP contribution in [-0.2, 0) is 5.41 Å². The first-order chi connectivity index (χ1) is 34.9. The molecule has 1 aliphatic rings. The van der Waals surface area contributed by atoms with E-state index in [1.165, 1.54) is 13.8 Å². The van der Waals surface area contributed by atoms with Gasteiger partial charge in [-0.3, -0.25) is 0 Å². The molecule has 0 N–H and O–H groups in total. The molecule has 0 spiro atoms. The third-order valence-electron chi connectivity index (χ3n) is 9.50. The molecule has 0 heterocycles. The molecular weight excluding hydrogens is 589 g/mol. The van der Waals surface area contributed by atoms with Crippen LogP contribution in [0.2, 0.25) is 0 Å². The topological polar surface area (TPSA) is 0 Å². The van der Waals surface area contributed by atoms with Gasteiger partial charge in [0.15, 0.2) is 0 Å². The van der Waals surface area contributed by atoms with E-state index in [9.17, 15) is 16.4 Å². The van der Waals surface area contributed by atoms with E-state index in [0.717, 1.165) is 0 Å². The summed E-state index contributed by atoms with van der Waals surface area (Å²) >= 11 is 0. The molecule has 0 amide bonds. The lowest BCUT2D eigenvalue weighted by Gasteiger charge is -2.24. The molecule has 0 atom stereocenters. The molecule has 0 heteroatoms. The molecule has 0 saturated carbocycles. The zero-order valence-corrected chi connectivity index (χ0v) is 25.5. The molecule has 0 aromatic heterocycles. The van der Waals surface area contributed by atoms with Gasteiger partial charge in [-0.15, -0.1) is 0 Å². The molecular formula is C49H32. The van der Waals surface area contributed by atoms with Gasteiger partial charge in [0.05, 0.1) is 35.6 Å². The Balaban J connectivity index is 1.53. The molecule has 0 nitrogen and oxygen atoms in total. The fourth-order valence-electron chi connectivity index (χ4n) is 7.31. The Hall–Kier alpha value is -5.98. The summed E-state index contributed by atoms with van der Waals surface area (Å²) in [6, 6.07) is -21.0. The quantitative estimate of drug-likeness (QED) is 0.129. The van der Waals surface area contributed by atoms with Gasteiger partial charge < -0.3 is 0 Å². The summed E-state index contributed by atoms with van der Waals surface area (Å²) in [7, 11) is 0. The highest BCUT2D eigenvalue weighted by molar-refractivity contribution is 6.32. The lowest BCUT2D eigenvalue weighted by Crippen LogP contribution is -2.14. The van der Waals surface area contributed by atoms with Crippen LogP contribution in [0, 0.1) is 0 Å².